The van der Waals surface area contributed by atoms with Crippen LogP contribution in [0.15, 0.2) is 18.2 Å². The number of nitrogens with zero attached hydrogens (tertiary/aromatic N) is 1. The highest BCUT2D eigenvalue weighted by Crippen LogP contribution is 2.22. The summed E-state index contributed by atoms with van der Waals surface area (Å²) in [6.07, 6.45) is -0.325. The Bertz CT molecular complexity index is 493. The largest absolute Gasteiger partial charge is 0.394 e. The normalized spacial score (nSPS) is 22.7. The first kappa shape index (κ1) is 14.8. The number of rotatable bonds is 3. The second-order valence-electron chi connectivity index (χ2n) is 5.14. The van der Waals surface area contributed by atoms with Crippen LogP contribution in [0.1, 0.15) is 22.8 Å². The Morgan fingerprint density at radius 2 is 2.35 bits per heavy atom. The molecule has 0 aliphatic carbocycles. The molecule has 2 atom stereocenters. The molecule has 110 valence electrons. The Labute approximate surface area is 118 Å². The van der Waals surface area contributed by atoms with E-state index < -0.39 is 0 Å². The van der Waals surface area contributed by atoms with E-state index in [9.17, 15) is 9.90 Å². The zero-order chi connectivity index (χ0) is 14.7. The number of benzene rings is 1. The van der Waals surface area contributed by atoms with Gasteiger partial charge in [0, 0.05) is 6.54 Å². The second kappa shape index (κ2) is 6.21. The lowest BCUT2D eigenvalue weighted by Crippen LogP contribution is -2.52. The van der Waals surface area contributed by atoms with Crippen LogP contribution in [0.3, 0.4) is 0 Å². The van der Waals surface area contributed by atoms with Gasteiger partial charge in [0.25, 0.3) is 5.91 Å². The van der Waals surface area contributed by atoms with Crippen molar-refractivity contribution in [1.29, 1.82) is 0 Å². The molecule has 1 fully saturated rings. The Morgan fingerprint density at radius 1 is 1.60 bits per heavy atom. The first-order chi connectivity index (χ1) is 9.56. The standard InChI is InChI=1S/C14H21N3O3/c1-9-3-4-13(16-15)12(5-9)14(19)17-6-11(7-18)20-8-10(17)2/h3-5,10-11,16,18H,6-8,15H2,1-2H3. The quantitative estimate of drug-likeness (QED) is 0.554. The van der Waals surface area contributed by atoms with Crippen LogP contribution in [0.2, 0.25) is 0 Å². The molecule has 1 saturated heterocycles. The molecule has 0 bridgehead atoms. The maximum absolute atomic E-state index is 12.7. The summed E-state index contributed by atoms with van der Waals surface area (Å²) in [7, 11) is 0. The fourth-order valence-corrected chi connectivity index (χ4v) is 2.33. The minimum Gasteiger partial charge on any atom is -0.394 e. The van der Waals surface area contributed by atoms with Crippen molar-refractivity contribution in [3.8, 4) is 0 Å². The lowest BCUT2D eigenvalue weighted by atomic mass is 10.1. The first-order valence-electron chi connectivity index (χ1n) is 6.67. The number of ether oxygens (including phenoxy) is 1. The Kier molecular flexibility index (Phi) is 4.59. The average molecular weight is 279 g/mol. The summed E-state index contributed by atoms with van der Waals surface area (Å²) < 4.78 is 5.45. The molecule has 1 aromatic rings. The van der Waals surface area contributed by atoms with E-state index in [1.54, 1.807) is 11.0 Å². The maximum atomic E-state index is 12.7. The van der Waals surface area contributed by atoms with Gasteiger partial charge in [-0.25, -0.2) is 0 Å². The molecule has 0 spiro atoms. The van der Waals surface area contributed by atoms with Crippen molar-refractivity contribution in [1.82, 2.24) is 4.90 Å². The van der Waals surface area contributed by atoms with Gasteiger partial charge in [0.1, 0.15) is 0 Å². The van der Waals surface area contributed by atoms with Crippen LogP contribution in [-0.4, -0.2) is 47.8 Å². The SMILES string of the molecule is Cc1ccc(NN)c(C(=O)N2CC(CO)OCC2C)c1. The van der Waals surface area contributed by atoms with Gasteiger partial charge >= 0.3 is 0 Å². The number of hydrazine groups is 1. The first-order valence-corrected chi connectivity index (χ1v) is 6.67. The Balaban J connectivity index is 2.27. The van der Waals surface area contributed by atoms with E-state index in [4.69, 9.17) is 10.6 Å². The molecule has 6 nitrogen and oxygen atoms in total. The minimum absolute atomic E-state index is 0.0311. The number of morpholine rings is 1. The van der Waals surface area contributed by atoms with Crippen LogP contribution in [0.25, 0.3) is 0 Å². The molecular weight excluding hydrogens is 258 g/mol. The van der Waals surface area contributed by atoms with Gasteiger partial charge in [-0.15, -0.1) is 0 Å². The summed E-state index contributed by atoms with van der Waals surface area (Å²) in [4.78, 5) is 14.4. The highest BCUT2D eigenvalue weighted by molar-refractivity contribution is 6.00. The van der Waals surface area contributed by atoms with Gasteiger partial charge in [-0.1, -0.05) is 11.6 Å². The molecule has 6 heteroatoms. The summed E-state index contributed by atoms with van der Waals surface area (Å²) in [5.41, 5.74) is 4.68. The molecule has 1 aromatic carbocycles. The van der Waals surface area contributed by atoms with Crippen molar-refractivity contribution in [2.45, 2.75) is 26.0 Å². The van der Waals surface area contributed by atoms with Crippen molar-refractivity contribution in [2.75, 3.05) is 25.2 Å². The molecule has 0 saturated carbocycles. The lowest BCUT2D eigenvalue weighted by Gasteiger charge is -2.37. The molecule has 1 aliphatic rings. The molecule has 4 N–H and O–H groups in total. The van der Waals surface area contributed by atoms with Crippen LogP contribution in [-0.2, 0) is 4.74 Å². The van der Waals surface area contributed by atoms with E-state index in [-0.39, 0.29) is 24.7 Å². The Morgan fingerprint density at radius 3 is 3.00 bits per heavy atom. The third-order valence-corrected chi connectivity index (χ3v) is 3.53. The number of aliphatic hydroxyl groups excluding tert-OH is 1. The van der Waals surface area contributed by atoms with Gasteiger partial charge in [-0.3, -0.25) is 10.6 Å². The number of aryl methyl sites for hydroxylation is 1. The summed E-state index contributed by atoms with van der Waals surface area (Å²) in [5, 5.41) is 9.20. The molecule has 1 amide bonds. The van der Waals surface area contributed by atoms with Crippen molar-refractivity contribution < 1.29 is 14.6 Å². The van der Waals surface area contributed by atoms with Crippen molar-refractivity contribution in [3.05, 3.63) is 29.3 Å². The van der Waals surface area contributed by atoms with E-state index in [2.05, 4.69) is 5.43 Å². The van der Waals surface area contributed by atoms with Crippen LogP contribution in [0.4, 0.5) is 5.69 Å². The number of aliphatic hydroxyl groups is 1. The molecule has 1 heterocycles. The Hall–Kier alpha value is -1.63. The van der Waals surface area contributed by atoms with Crippen LogP contribution < -0.4 is 11.3 Å². The van der Waals surface area contributed by atoms with Crippen molar-refractivity contribution in [2.24, 2.45) is 5.84 Å². The monoisotopic (exact) mass is 279 g/mol. The van der Waals surface area contributed by atoms with Gasteiger partial charge in [-0.05, 0) is 26.0 Å². The van der Waals surface area contributed by atoms with Crippen molar-refractivity contribution >= 4 is 11.6 Å². The number of hydrogen-bond donors (Lipinski definition) is 3. The average Bonchev–Trinajstić information content (AvgIpc) is 2.47. The summed E-state index contributed by atoms with van der Waals surface area (Å²) >= 11 is 0. The number of carbonyl (C=O) groups is 1. The van der Waals surface area contributed by atoms with E-state index >= 15 is 0 Å². The van der Waals surface area contributed by atoms with Gasteiger partial charge in [-0.2, -0.15) is 0 Å². The zero-order valence-electron chi connectivity index (χ0n) is 11.8. The van der Waals surface area contributed by atoms with Crippen molar-refractivity contribution in [3.63, 3.8) is 0 Å². The van der Waals surface area contributed by atoms with Gasteiger partial charge < -0.3 is 20.2 Å². The fraction of sp³-hybridized carbons (Fsp3) is 0.500. The topological polar surface area (TPSA) is 87.8 Å². The number of nitrogen functional groups attached to an aromatic ring is 1. The minimum atomic E-state index is -0.325. The number of carbonyl (C=O) groups excluding carboxylic acids is 1. The number of anilines is 1. The van der Waals surface area contributed by atoms with E-state index in [1.165, 1.54) is 0 Å². The van der Waals surface area contributed by atoms with Crippen LogP contribution >= 0.6 is 0 Å². The summed E-state index contributed by atoms with van der Waals surface area (Å²) in [6.45, 7) is 4.57. The molecule has 2 unspecified atom stereocenters. The number of hydrogen-bond acceptors (Lipinski definition) is 5. The predicted octanol–water partition coefficient (Wildman–Crippen LogP) is 0.502. The lowest BCUT2D eigenvalue weighted by molar-refractivity contribution is -0.0667. The molecule has 0 radical (unpaired) electrons. The number of amides is 1. The van der Waals surface area contributed by atoms with Gasteiger partial charge in [0.2, 0.25) is 0 Å². The van der Waals surface area contributed by atoms with E-state index in [1.807, 2.05) is 26.0 Å². The zero-order valence-corrected chi connectivity index (χ0v) is 11.8. The van der Waals surface area contributed by atoms with E-state index in [0.717, 1.165) is 5.56 Å². The van der Waals surface area contributed by atoms with Gasteiger partial charge in [0.05, 0.1) is 36.6 Å². The summed E-state index contributed by atoms with van der Waals surface area (Å²) in [5.74, 6) is 5.37. The van der Waals surface area contributed by atoms with Gasteiger partial charge in [0.15, 0.2) is 0 Å². The highest BCUT2D eigenvalue weighted by atomic mass is 16.5. The predicted molar refractivity (Wildman–Crippen MR) is 76.3 cm³/mol. The molecule has 20 heavy (non-hydrogen) atoms. The number of nitrogens with two attached hydrogens (primary N) is 1. The smallest absolute Gasteiger partial charge is 0.256 e. The van der Waals surface area contributed by atoms with E-state index in [0.29, 0.717) is 24.4 Å². The van der Waals surface area contributed by atoms with Crippen LogP contribution in [0.5, 0.6) is 0 Å². The molecule has 0 aromatic heterocycles. The molecule has 1 aliphatic heterocycles. The molecular formula is C14H21N3O3. The third-order valence-electron chi connectivity index (χ3n) is 3.53. The summed E-state index contributed by atoms with van der Waals surface area (Å²) in [6, 6.07) is 5.47. The number of nitrogens with one attached hydrogen (secondary N) is 1. The fourth-order valence-electron chi connectivity index (χ4n) is 2.33. The third kappa shape index (κ3) is 2.92. The van der Waals surface area contributed by atoms with Crippen LogP contribution in [0, 0.1) is 6.92 Å². The molecule has 2 rings (SSSR count). The highest BCUT2D eigenvalue weighted by Gasteiger charge is 2.30. The second-order valence-corrected chi connectivity index (χ2v) is 5.14. The maximum Gasteiger partial charge on any atom is 0.256 e.